The first kappa shape index (κ1) is 9.02. The van der Waals surface area contributed by atoms with Crippen LogP contribution in [-0.4, -0.2) is 15.5 Å². The third-order valence-electron chi connectivity index (χ3n) is 1.36. The van der Waals surface area contributed by atoms with E-state index in [-0.39, 0.29) is 4.90 Å². The van der Waals surface area contributed by atoms with Gasteiger partial charge in [0.2, 0.25) is 0 Å². The monoisotopic (exact) mass is 185 g/mol. The molecule has 0 saturated carbocycles. The van der Waals surface area contributed by atoms with Crippen LogP contribution in [0.3, 0.4) is 0 Å². The van der Waals surface area contributed by atoms with Gasteiger partial charge in [-0.1, -0.05) is 0 Å². The van der Waals surface area contributed by atoms with E-state index in [1.807, 2.05) is 0 Å². The molecule has 0 saturated heterocycles. The highest BCUT2D eigenvalue weighted by molar-refractivity contribution is 7.88. The van der Waals surface area contributed by atoms with Crippen LogP contribution in [0.2, 0.25) is 0 Å². The molecule has 0 aliphatic rings. The Morgan fingerprint density at radius 3 is 2.08 bits per heavy atom. The van der Waals surface area contributed by atoms with Crippen molar-refractivity contribution in [2.24, 2.45) is 0 Å². The molecule has 5 heteroatoms. The van der Waals surface area contributed by atoms with Crippen LogP contribution in [0.4, 0.5) is 0 Å². The normalized spacial score (nSPS) is 11.2. The van der Waals surface area contributed by atoms with Gasteiger partial charge < -0.3 is 4.74 Å². The molecular weight excluding hydrogens is 178 g/mol. The average Bonchev–Trinajstić information content (AvgIpc) is 2.03. The molecule has 1 aromatic rings. The number of benzene rings is 1. The predicted octanol–water partition coefficient (Wildman–Crippen LogP) is 0.453. The van der Waals surface area contributed by atoms with Gasteiger partial charge in [-0.15, -0.1) is 0 Å². The zero-order valence-electron chi connectivity index (χ0n) is 6.39. The van der Waals surface area contributed by atoms with Crippen molar-refractivity contribution in [3.05, 3.63) is 24.3 Å². The second-order valence-electron chi connectivity index (χ2n) is 2.15. The summed E-state index contributed by atoms with van der Waals surface area (Å²) in [5.41, 5.74) is 0. The van der Waals surface area contributed by atoms with Crippen molar-refractivity contribution in [1.82, 2.24) is 5.14 Å². The van der Waals surface area contributed by atoms with Crippen molar-refractivity contribution in [2.45, 2.75) is 4.90 Å². The first-order valence-corrected chi connectivity index (χ1v) is 4.59. The Labute approximate surface area is 71.0 Å². The maximum atomic E-state index is 10.5. The first-order valence-electron chi connectivity index (χ1n) is 3.15. The van der Waals surface area contributed by atoms with Gasteiger partial charge in [-0.2, -0.15) is 0 Å². The Hall–Kier alpha value is -1.07. The summed E-state index contributed by atoms with van der Waals surface area (Å²) in [7, 11) is -2.61. The van der Waals surface area contributed by atoms with Crippen molar-refractivity contribution in [3.63, 3.8) is 0 Å². The fraction of sp³-hybridized carbons (Fsp3) is 0.143. The number of rotatable bonds is 2. The summed E-state index contributed by atoms with van der Waals surface area (Å²) in [5.74, 6) is 0.544. The molecule has 0 atom stereocenters. The van der Waals surface area contributed by atoms with Crippen molar-refractivity contribution in [3.8, 4) is 5.75 Å². The minimum atomic E-state index is -4.08. The molecule has 0 aliphatic carbocycles. The van der Waals surface area contributed by atoms with Gasteiger partial charge in [0, 0.05) is 5.14 Å². The second-order valence-corrected chi connectivity index (χ2v) is 3.57. The lowest BCUT2D eigenvalue weighted by Crippen LogP contribution is -1.99. The topological polar surface area (TPSA) is 65.7 Å². The van der Waals surface area contributed by atoms with Crippen LogP contribution in [-0.2, 0) is 10.0 Å². The Morgan fingerprint density at radius 1 is 1.25 bits per heavy atom. The average molecular weight is 185 g/mol. The van der Waals surface area contributed by atoms with Crippen molar-refractivity contribution >= 4 is 10.0 Å². The molecule has 0 fully saturated rings. The second kappa shape index (κ2) is 3.12. The summed E-state index contributed by atoms with van der Waals surface area (Å²) in [4.78, 5) is -0.136. The van der Waals surface area contributed by atoms with Gasteiger partial charge in [0.1, 0.15) is 5.75 Å². The number of nitrogens with zero attached hydrogens (tertiary/aromatic N) is 1. The maximum absolute atomic E-state index is 10.5. The summed E-state index contributed by atoms with van der Waals surface area (Å²) in [6, 6.07) is 5.47. The zero-order valence-corrected chi connectivity index (χ0v) is 7.21. The maximum Gasteiger partial charge on any atom is 0.273 e. The standard InChI is InChI=1S/C7H7NO3S/c1-11-6-2-4-7(5-3-6)12(8,9)10/h2-5H,1H3. The van der Waals surface area contributed by atoms with E-state index in [1.54, 1.807) is 0 Å². The molecule has 0 unspecified atom stereocenters. The lowest BCUT2D eigenvalue weighted by Gasteiger charge is -1.99. The molecule has 12 heavy (non-hydrogen) atoms. The van der Waals surface area contributed by atoms with E-state index < -0.39 is 10.0 Å². The molecule has 1 aromatic carbocycles. The van der Waals surface area contributed by atoms with Gasteiger partial charge in [0.15, 0.2) is 0 Å². The van der Waals surface area contributed by atoms with Gasteiger partial charge in [0.25, 0.3) is 10.0 Å². The molecule has 0 amide bonds. The summed E-state index contributed by atoms with van der Waals surface area (Å²) in [6.07, 6.45) is 0. The molecule has 0 aromatic heterocycles. The van der Waals surface area contributed by atoms with E-state index in [1.165, 1.54) is 31.4 Å². The summed E-state index contributed by atoms with van der Waals surface area (Å²) in [5, 5.41) is 8.58. The van der Waals surface area contributed by atoms with E-state index in [2.05, 4.69) is 0 Å². The van der Waals surface area contributed by atoms with Crippen molar-refractivity contribution in [1.29, 1.82) is 0 Å². The first-order chi connectivity index (χ1) is 5.54. The van der Waals surface area contributed by atoms with E-state index in [4.69, 9.17) is 9.88 Å². The molecule has 0 spiro atoms. The van der Waals surface area contributed by atoms with Gasteiger partial charge in [-0.25, -0.2) is 8.42 Å². The van der Waals surface area contributed by atoms with Gasteiger partial charge >= 0.3 is 0 Å². The van der Waals surface area contributed by atoms with Crippen LogP contribution in [0, 0.1) is 0 Å². The van der Waals surface area contributed by atoms with Crippen LogP contribution >= 0.6 is 0 Å². The van der Waals surface area contributed by atoms with E-state index in [0.29, 0.717) is 5.75 Å². The molecule has 2 radical (unpaired) electrons. The van der Waals surface area contributed by atoms with Crippen LogP contribution in [0.5, 0.6) is 5.75 Å². The molecular formula is C7H7NO3S. The van der Waals surface area contributed by atoms with Crippen LogP contribution in [0.15, 0.2) is 29.2 Å². The third kappa shape index (κ3) is 1.96. The summed E-state index contributed by atoms with van der Waals surface area (Å²) >= 11 is 0. The molecule has 0 heterocycles. The minimum Gasteiger partial charge on any atom is -0.497 e. The summed E-state index contributed by atoms with van der Waals surface area (Å²) < 4.78 is 25.9. The molecule has 1 rings (SSSR count). The molecule has 0 bridgehead atoms. The van der Waals surface area contributed by atoms with E-state index in [0.717, 1.165) is 0 Å². The Balaban J connectivity index is 3.09. The minimum absolute atomic E-state index is 0.136. The van der Waals surface area contributed by atoms with Crippen LogP contribution < -0.4 is 9.88 Å². The van der Waals surface area contributed by atoms with Gasteiger partial charge in [0.05, 0.1) is 12.0 Å². The number of ether oxygens (including phenoxy) is 1. The molecule has 64 valence electrons. The number of hydrogen-bond acceptors (Lipinski definition) is 3. The number of sulfonamides is 1. The largest absolute Gasteiger partial charge is 0.497 e. The SMILES string of the molecule is COc1ccc(S([N])(=O)=O)cc1. The number of hydrogen-bond donors (Lipinski definition) is 0. The lowest BCUT2D eigenvalue weighted by atomic mass is 10.3. The Morgan fingerprint density at radius 2 is 1.75 bits per heavy atom. The lowest BCUT2D eigenvalue weighted by molar-refractivity contribution is 0.414. The predicted molar refractivity (Wildman–Crippen MR) is 42.3 cm³/mol. The third-order valence-corrected chi connectivity index (χ3v) is 2.23. The summed E-state index contributed by atoms with van der Waals surface area (Å²) in [6.45, 7) is 0. The van der Waals surface area contributed by atoms with Crippen LogP contribution in [0.25, 0.3) is 0 Å². The molecule has 0 N–H and O–H groups in total. The quantitative estimate of drug-likeness (QED) is 0.672. The highest BCUT2D eigenvalue weighted by Gasteiger charge is 2.08. The zero-order chi connectivity index (χ0) is 9.19. The van der Waals surface area contributed by atoms with Gasteiger partial charge in [-0.3, -0.25) is 0 Å². The van der Waals surface area contributed by atoms with Gasteiger partial charge in [-0.05, 0) is 24.3 Å². The smallest absolute Gasteiger partial charge is 0.273 e. The Bertz CT molecular complexity index is 355. The van der Waals surface area contributed by atoms with Crippen molar-refractivity contribution < 1.29 is 13.2 Å². The fourth-order valence-electron chi connectivity index (χ4n) is 0.748. The highest BCUT2D eigenvalue weighted by Crippen LogP contribution is 2.14. The molecule has 4 nitrogen and oxygen atoms in total. The Kier molecular flexibility index (Phi) is 2.35. The van der Waals surface area contributed by atoms with E-state index >= 15 is 0 Å². The highest BCUT2D eigenvalue weighted by atomic mass is 32.2. The van der Waals surface area contributed by atoms with E-state index in [9.17, 15) is 8.42 Å². The number of methoxy groups -OCH3 is 1. The van der Waals surface area contributed by atoms with Crippen LogP contribution in [0.1, 0.15) is 0 Å². The van der Waals surface area contributed by atoms with Crippen molar-refractivity contribution in [2.75, 3.05) is 7.11 Å². The fourth-order valence-corrected chi connectivity index (χ4v) is 1.23. The molecule has 0 aliphatic heterocycles.